The summed E-state index contributed by atoms with van der Waals surface area (Å²) in [4.78, 5) is 11.7. The highest BCUT2D eigenvalue weighted by Gasteiger charge is 2.09. The Balaban J connectivity index is 1.92. The molecular weight excluding hydrogens is 308 g/mol. The van der Waals surface area contributed by atoms with Gasteiger partial charge in [-0.1, -0.05) is 34.7 Å². The number of nitrogens with zero attached hydrogens (tertiary/aromatic N) is 2. The molecule has 100 valence electrons. The molecule has 0 bridgehead atoms. The fourth-order valence-corrected chi connectivity index (χ4v) is 2.81. The van der Waals surface area contributed by atoms with Crippen LogP contribution in [0.2, 0.25) is 5.02 Å². The van der Waals surface area contributed by atoms with Crippen LogP contribution in [-0.4, -0.2) is 27.0 Å². The van der Waals surface area contributed by atoms with Crippen LogP contribution in [-0.2, 0) is 4.79 Å². The van der Waals surface area contributed by atoms with E-state index in [2.05, 4.69) is 15.5 Å². The van der Waals surface area contributed by atoms with Crippen molar-refractivity contribution < 1.29 is 9.90 Å². The number of phenolic OH excluding ortho intramolecular Hbond substituents is 1. The molecule has 0 aliphatic carbocycles. The molecule has 0 aliphatic heterocycles. The Kier molecular flexibility index (Phi) is 4.46. The zero-order chi connectivity index (χ0) is 13.8. The minimum absolute atomic E-state index is 0.0390. The lowest BCUT2D eigenvalue weighted by Gasteiger charge is -2.06. The molecule has 1 aromatic carbocycles. The number of amides is 1. The zero-order valence-electron chi connectivity index (χ0n) is 9.46. The van der Waals surface area contributed by atoms with Gasteiger partial charge >= 0.3 is 0 Å². The van der Waals surface area contributed by atoms with Crippen molar-refractivity contribution in [1.82, 2.24) is 10.2 Å². The molecule has 4 N–H and O–H groups in total. The quantitative estimate of drug-likeness (QED) is 0.590. The molecule has 0 aliphatic rings. The predicted octanol–water partition coefficient (Wildman–Crippen LogP) is 2.21. The lowest BCUT2D eigenvalue weighted by molar-refractivity contribution is -0.113. The van der Waals surface area contributed by atoms with E-state index in [0.29, 0.717) is 14.5 Å². The molecule has 0 saturated carbocycles. The van der Waals surface area contributed by atoms with Gasteiger partial charge in [-0.2, -0.15) is 0 Å². The summed E-state index contributed by atoms with van der Waals surface area (Å²) in [7, 11) is 0. The van der Waals surface area contributed by atoms with Crippen LogP contribution in [0.25, 0.3) is 0 Å². The van der Waals surface area contributed by atoms with Crippen LogP contribution < -0.4 is 11.1 Å². The highest BCUT2D eigenvalue weighted by molar-refractivity contribution is 8.01. The summed E-state index contributed by atoms with van der Waals surface area (Å²) in [5, 5.41) is 20.3. The summed E-state index contributed by atoms with van der Waals surface area (Å²) < 4.78 is 0.614. The van der Waals surface area contributed by atoms with E-state index >= 15 is 0 Å². The fraction of sp³-hybridized carbons (Fsp3) is 0.100. The third kappa shape index (κ3) is 3.98. The second-order valence-electron chi connectivity index (χ2n) is 3.40. The minimum Gasteiger partial charge on any atom is -0.506 e. The normalized spacial score (nSPS) is 10.4. The summed E-state index contributed by atoms with van der Waals surface area (Å²) in [6.45, 7) is 0. The van der Waals surface area contributed by atoms with E-state index in [4.69, 9.17) is 17.3 Å². The maximum absolute atomic E-state index is 11.7. The van der Waals surface area contributed by atoms with E-state index in [1.54, 1.807) is 0 Å². The van der Waals surface area contributed by atoms with Gasteiger partial charge in [0.05, 0.1) is 11.4 Å². The number of nitrogens with one attached hydrogen (secondary N) is 1. The number of aromatic nitrogens is 2. The van der Waals surface area contributed by atoms with Crippen molar-refractivity contribution in [3.63, 3.8) is 0 Å². The van der Waals surface area contributed by atoms with Crippen molar-refractivity contribution in [2.75, 3.05) is 16.8 Å². The Morgan fingerprint density at radius 2 is 2.32 bits per heavy atom. The maximum atomic E-state index is 11.7. The van der Waals surface area contributed by atoms with Gasteiger partial charge < -0.3 is 16.2 Å². The van der Waals surface area contributed by atoms with Crippen molar-refractivity contribution in [2.45, 2.75) is 4.34 Å². The van der Waals surface area contributed by atoms with Gasteiger partial charge in [0.15, 0.2) is 4.34 Å². The van der Waals surface area contributed by atoms with Gasteiger partial charge in [-0.05, 0) is 18.2 Å². The summed E-state index contributed by atoms with van der Waals surface area (Å²) >= 11 is 8.20. The topological polar surface area (TPSA) is 101 Å². The number of aromatic hydroxyl groups is 1. The van der Waals surface area contributed by atoms with E-state index in [1.807, 2.05) is 0 Å². The molecule has 0 saturated heterocycles. The Hall–Kier alpha value is -1.51. The summed E-state index contributed by atoms with van der Waals surface area (Å²) in [5.41, 5.74) is 5.70. The minimum atomic E-state index is -0.281. The molecule has 0 spiro atoms. The largest absolute Gasteiger partial charge is 0.506 e. The van der Waals surface area contributed by atoms with Gasteiger partial charge in [0, 0.05) is 5.02 Å². The molecule has 0 unspecified atom stereocenters. The molecule has 1 heterocycles. The molecule has 1 amide bonds. The Labute approximate surface area is 122 Å². The smallest absolute Gasteiger partial charge is 0.234 e. The van der Waals surface area contributed by atoms with E-state index in [1.165, 1.54) is 41.3 Å². The SMILES string of the molecule is Nc1nnc(SCC(=O)Nc2cc(Cl)ccc2O)s1. The van der Waals surface area contributed by atoms with Crippen LogP contribution >= 0.6 is 34.7 Å². The Morgan fingerprint density at radius 1 is 1.53 bits per heavy atom. The average Bonchev–Trinajstić information content (AvgIpc) is 2.77. The first kappa shape index (κ1) is 13.9. The third-order valence-corrected chi connectivity index (χ3v) is 4.10. The van der Waals surface area contributed by atoms with Crippen LogP contribution in [0.4, 0.5) is 10.8 Å². The molecule has 1 aromatic heterocycles. The molecule has 2 aromatic rings. The van der Waals surface area contributed by atoms with Crippen molar-refractivity contribution in [3.05, 3.63) is 23.2 Å². The number of nitrogens with two attached hydrogens (primary N) is 1. The number of rotatable bonds is 4. The second-order valence-corrected chi connectivity index (χ2v) is 6.07. The van der Waals surface area contributed by atoms with Crippen LogP contribution in [0.1, 0.15) is 0 Å². The highest BCUT2D eigenvalue weighted by atomic mass is 35.5. The molecule has 9 heteroatoms. The lowest BCUT2D eigenvalue weighted by atomic mass is 10.3. The van der Waals surface area contributed by atoms with Gasteiger partial charge in [-0.15, -0.1) is 10.2 Å². The molecule has 0 fully saturated rings. The molecular formula is C10H9ClN4O2S2. The van der Waals surface area contributed by atoms with E-state index < -0.39 is 0 Å². The Bertz CT molecular complexity index is 605. The van der Waals surface area contributed by atoms with Crippen LogP contribution in [0.15, 0.2) is 22.5 Å². The number of carbonyl (C=O) groups excluding carboxylic acids is 1. The number of thioether (sulfide) groups is 1. The first-order chi connectivity index (χ1) is 9.04. The Morgan fingerprint density at radius 3 is 3.00 bits per heavy atom. The number of nitrogen functional groups attached to an aromatic ring is 1. The fourth-order valence-electron chi connectivity index (χ4n) is 1.20. The monoisotopic (exact) mass is 316 g/mol. The number of carbonyl (C=O) groups is 1. The summed E-state index contributed by atoms with van der Waals surface area (Å²) in [5.74, 6) is -0.181. The number of benzene rings is 1. The number of phenols is 1. The molecule has 0 atom stereocenters. The predicted molar refractivity (Wildman–Crippen MR) is 76.8 cm³/mol. The number of hydrogen-bond acceptors (Lipinski definition) is 7. The lowest BCUT2D eigenvalue weighted by Crippen LogP contribution is -2.14. The van der Waals surface area contributed by atoms with Crippen LogP contribution in [0.5, 0.6) is 5.75 Å². The summed E-state index contributed by atoms with van der Waals surface area (Å²) in [6.07, 6.45) is 0. The third-order valence-electron chi connectivity index (χ3n) is 1.98. The highest BCUT2D eigenvalue weighted by Crippen LogP contribution is 2.27. The van der Waals surface area contributed by atoms with E-state index in [-0.39, 0.29) is 23.1 Å². The zero-order valence-corrected chi connectivity index (χ0v) is 11.8. The number of halogens is 1. The van der Waals surface area contributed by atoms with Crippen molar-refractivity contribution in [3.8, 4) is 5.75 Å². The first-order valence-electron chi connectivity index (χ1n) is 5.05. The molecule has 0 radical (unpaired) electrons. The van der Waals surface area contributed by atoms with Crippen molar-refractivity contribution >= 4 is 51.4 Å². The maximum Gasteiger partial charge on any atom is 0.234 e. The van der Waals surface area contributed by atoms with Gasteiger partial charge in [0.2, 0.25) is 11.0 Å². The number of hydrogen-bond donors (Lipinski definition) is 3. The molecule has 19 heavy (non-hydrogen) atoms. The van der Waals surface area contributed by atoms with E-state index in [9.17, 15) is 9.90 Å². The van der Waals surface area contributed by atoms with Crippen LogP contribution in [0, 0.1) is 0 Å². The van der Waals surface area contributed by atoms with Gasteiger partial charge in [-0.3, -0.25) is 4.79 Å². The van der Waals surface area contributed by atoms with Gasteiger partial charge in [0.25, 0.3) is 0 Å². The van der Waals surface area contributed by atoms with Gasteiger partial charge in [-0.25, -0.2) is 0 Å². The first-order valence-corrected chi connectivity index (χ1v) is 7.23. The molecule has 2 rings (SSSR count). The average molecular weight is 317 g/mol. The van der Waals surface area contributed by atoms with Gasteiger partial charge in [0.1, 0.15) is 5.75 Å². The standard InChI is InChI=1S/C10H9ClN4O2S2/c11-5-1-2-7(16)6(3-5)13-8(17)4-18-10-15-14-9(12)19-10/h1-3,16H,4H2,(H2,12,14)(H,13,17). The molecule has 6 nitrogen and oxygen atoms in total. The van der Waals surface area contributed by atoms with E-state index in [0.717, 1.165) is 0 Å². The number of anilines is 2. The van der Waals surface area contributed by atoms with Crippen molar-refractivity contribution in [1.29, 1.82) is 0 Å². The van der Waals surface area contributed by atoms with Crippen molar-refractivity contribution in [2.24, 2.45) is 0 Å². The second kappa shape index (κ2) is 6.09. The van der Waals surface area contributed by atoms with Crippen LogP contribution in [0.3, 0.4) is 0 Å². The summed E-state index contributed by atoms with van der Waals surface area (Å²) in [6, 6.07) is 4.42.